The van der Waals surface area contributed by atoms with Crippen LogP contribution in [-0.2, 0) is 0 Å². The van der Waals surface area contributed by atoms with E-state index in [1.807, 2.05) is 31.2 Å². The highest BCUT2D eigenvalue weighted by molar-refractivity contribution is 5.94. The summed E-state index contributed by atoms with van der Waals surface area (Å²) >= 11 is 0. The molecular weight excluding hydrogens is 330 g/mol. The molecule has 3 aliphatic rings. The van der Waals surface area contributed by atoms with Crippen molar-refractivity contribution in [2.75, 3.05) is 6.54 Å². The predicted octanol–water partition coefficient (Wildman–Crippen LogP) is 5.02. The molecule has 2 bridgehead atoms. The van der Waals surface area contributed by atoms with Gasteiger partial charge in [-0.1, -0.05) is 66.2 Å². The topological polar surface area (TPSA) is 29.1 Å². The quantitative estimate of drug-likeness (QED) is 0.704. The predicted molar refractivity (Wildman–Crippen MR) is 108 cm³/mol. The van der Waals surface area contributed by atoms with Crippen LogP contribution in [-0.4, -0.2) is 12.5 Å². The van der Waals surface area contributed by atoms with Crippen LogP contribution in [0.2, 0.25) is 0 Å². The number of hydrogen-bond acceptors (Lipinski definition) is 1. The number of carbonyl (C=O) groups excluding carboxylic acids is 1. The van der Waals surface area contributed by atoms with Crippen LogP contribution in [0.15, 0.2) is 72.8 Å². The van der Waals surface area contributed by atoms with E-state index < -0.39 is 0 Å². The average molecular weight is 353 g/mol. The van der Waals surface area contributed by atoms with Crippen molar-refractivity contribution in [3.8, 4) is 0 Å². The Morgan fingerprint density at radius 3 is 2.00 bits per heavy atom. The fraction of sp³-hybridized carbons (Fsp3) is 0.240. The number of nitrogens with one attached hydrogen (secondary N) is 1. The maximum absolute atomic E-state index is 12.6. The van der Waals surface area contributed by atoms with Crippen LogP contribution in [0.5, 0.6) is 0 Å². The number of fused-ring (bicyclic) bond motifs is 1. The Morgan fingerprint density at radius 2 is 1.41 bits per heavy atom. The lowest BCUT2D eigenvalue weighted by Crippen LogP contribution is -2.39. The summed E-state index contributed by atoms with van der Waals surface area (Å²) in [7, 11) is 0. The summed E-state index contributed by atoms with van der Waals surface area (Å²) in [5, 5.41) is 3.20. The van der Waals surface area contributed by atoms with Crippen molar-refractivity contribution in [3.63, 3.8) is 0 Å². The minimum Gasteiger partial charge on any atom is -0.352 e. The van der Waals surface area contributed by atoms with Crippen molar-refractivity contribution in [3.05, 3.63) is 106 Å². The second-order valence-electron chi connectivity index (χ2n) is 7.86. The number of amides is 1. The molecule has 1 N–H and O–H groups in total. The Hall–Kier alpha value is -2.87. The van der Waals surface area contributed by atoms with Gasteiger partial charge in [0.15, 0.2) is 0 Å². The highest BCUT2D eigenvalue weighted by Crippen LogP contribution is 2.55. The van der Waals surface area contributed by atoms with Gasteiger partial charge in [-0.05, 0) is 53.6 Å². The molecule has 6 rings (SSSR count). The summed E-state index contributed by atoms with van der Waals surface area (Å²) in [4.78, 5) is 12.6. The molecule has 3 aliphatic carbocycles. The monoisotopic (exact) mass is 353 g/mol. The Bertz CT molecular complexity index is 957. The lowest BCUT2D eigenvalue weighted by Gasteiger charge is -2.45. The molecule has 0 saturated carbocycles. The molecule has 2 nitrogen and oxygen atoms in total. The molecule has 0 unspecified atom stereocenters. The van der Waals surface area contributed by atoms with Crippen molar-refractivity contribution in [1.82, 2.24) is 5.32 Å². The van der Waals surface area contributed by atoms with E-state index in [-0.39, 0.29) is 5.91 Å². The first kappa shape index (κ1) is 16.3. The summed E-state index contributed by atoms with van der Waals surface area (Å²) in [5.41, 5.74) is 7.75. The summed E-state index contributed by atoms with van der Waals surface area (Å²) < 4.78 is 0. The second-order valence-corrected chi connectivity index (χ2v) is 7.86. The number of aryl methyl sites for hydroxylation is 1. The van der Waals surface area contributed by atoms with Gasteiger partial charge in [0, 0.05) is 23.9 Å². The molecule has 3 aromatic rings. The van der Waals surface area contributed by atoms with Crippen LogP contribution in [0, 0.1) is 12.8 Å². The van der Waals surface area contributed by atoms with Gasteiger partial charge < -0.3 is 5.32 Å². The molecule has 3 aromatic carbocycles. The largest absolute Gasteiger partial charge is 0.352 e. The third kappa shape index (κ3) is 2.68. The molecule has 0 heterocycles. The summed E-state index contributed by atoms with van der Waals surface area (Å²) in [6, 6.07) is 25.5. The molecule has 1 amide bonds. The first-order valence-corrected chi connectivity index (χ1v) is 9.75. The minimum atomic E-state index is 0.0259. The van der Waals surface area contributed by atoms with Crippen LogP contribution in [0.25, 0.3) is 0 Å². The maximum Gasteiger partial charge on any atom is 0.251 e. The first-order valence-electron chi connectivity index (χ1n) is 9.75. The van der Waals surface area contributed by atoms with E-state index in [1.54, 1.807) is 0 Å². The molecule has 2 heteroatoms. The SMILES string of the molecule is Cc1ccc(C(=O)NC[C@@H]2CC3c4ccccc4C2c2ccccc23)cc1. The number of benzene rings is 3. The van der Waals surface area contributed by atoms with Gasteiger partial charge in [0.1, 0.15) is 0 Å². The van der Waals surface area contributed by atoms with E-state index in [2.05, 4.69) is 53.8 Å². The fourth-order valence-corrected chi connectivity index (χ4v) is 4.99. The van der Waals surface area contributed by atoms with E-state index in [4.69, 9.17) is 0 Å². The highest BCUT2D eigenvalue weighted by Gasteiger charge is 2.42. The molecule has 134 valence electrons. The Balaban J connectivity index is 1.42. The van der Waals surface area contributed by atoms with Gasteiger partial charge in [0.05, 0.1) is 0 Å². The van der Waals surface area contributed by atoms with Gasteiger partial charge in [-0.2, -0.15) is 0 Å². The van der Waals surface area contributed by atoms with Crippen molar-refractivity contribution in [2.45, 2.75) is 25.2 Å². The van der Waals surface area contributed by atoms with Crippen LogP contribution in [0.1, 0.15) is 56.4 Å². The van der Waals surface area contributed by atoms with Crippen LogP contribution in [0.4, 0.5) is 0 Å². The Kier molecular flexibility index (Phi) is 3.86. The third-order valence-electron chi connectivity index (χ3n) is 6.26. The van der Waals surface area contributed by atoms with Crippen molar-refractivity contribution < 1.29 is 4.79 Å². The zero-order valence-corrected chi connectivity index (χ0v) is 15.5. The second kappa shape index (κ2) is 6.38. The van der Waals surface area contributed by atoms with E-state index in [1.165, 1.54) is 27.8 Å². The molecule has 0 fully saturated rings. The normalized spacial score (nSPS) is 22.0. The van der Waals surface area contributed by atoms with Gasteiger partial charge in [-0.3, -0.25) is 4.79 Å². The Morgan fingerprint density at radius 1 is 0.852 bits per heavy atom. The number of rotatable bonds is 3. The zero-order chi connectivity index (χ0) is 18.4. The van der Waals surface area contributed by atoms with E-state index >= 15 is 0 Å². The van der Waals surface area contributed by atoms with E-state index in [9.17, 15) is 4.79 Å². The third-order valence-corrected chi connectivity index (χ3v) is 6.26. The Labute approximate surface area is 160 Å². The summed E-state index contributed by atoms with van der Waals surface area (Å²) in [6.45, 7) is 2.76. The van der Waals surface area contributed by atoms with Gasteiger partial charge >= 0.3 is 0 Å². The maximum atomic E-state index is 12.6. The summed E-state index contributed by atoms with van der Waals surface area (Å²) in [6.07, 6.45) is 1.10. The molecule has 0 spiro atoms. The van der Waals surface area contributed by atoms with Crippen molar-refractivity contribution in [2.24, 2.45) is 5.92 Å². The summed E-state index contributed by atoms with van der Waals surface area (Å²) in [5.74, 6) is 1.29. The van der Waals surface area contributed by atoms with Crippen molar-refractivity contribution >= 4 is 5.91 Å². The van der Waals surface area contributed by atoms with Gasteiger partial charge in [0.2, 0.25) is 0 Å². The van der Waals surface area contributed by atoms with Gasteiger partial charge in [-0.15, -0.1) is 0 Å². The molecular formula is C25H23NO. The fourth-order valence-electron chi connectivity index (χ4n) is 4.99. The number of carbonyl (C=O) groups is 1. The first-order chi connectivity index (χ1) is 13.2. The smallest absolute Gasteiger partial charge is 0.251 e. The lowest BCUT2D eigenvalue weighted by molar-refractivity contribution is 0.0943. The van der Waals surface area contributed by atoms with E-state index in [0.717, 1.165) is 18.5 Å². The molecule has 1 atom stereocenters. The molecule has 27 heavy (non-hydrogen) atoms. The molecule has 0 aliphatic heterocycles. The lowest BCUT2D eigenvalue weighted by atomic mass is 9.59. The number of hydrogen-bond donors (Lipinski definition) is 1. The molecule has 0 aromatic heterocycles. The molecule has 0 radical (unpaired) electrons. The zero-order valence-electron chi connectivity index (χ0n) is 15.5. The van der Waals surface area contributed by atoms with Gasteiger partial charge in [-0.25, -0.2) is 0 Å². The van der Waals surface area contributed by atoms with Crippen molar-refractivity contribution in [1.29, 1.82) is 0 Å². The van der Waals surface area contributed by atoms with Crippen LogP contribution < -0.4 is 5.32 Å². The standard InChI is InChI=1S/C25H23NO/c1-16-10-12-17(13-11-16)25(27)26-15-18-14-23-19-6-2-4-8-21(19)24(18)22-9-5-3-7-20(22)23/h2-13,18,23-24H,14-15H2,1H3,(H,26,27)/t18-,23?,24?/m0/s1. The minimum absolute atomic E-state index is 0.0259. The van der Waals surface area contributed by atoms with Crippen LogP contribution >= 0.6 is 0 Å². The van der Waals surface area contributed by atoms with Gasteiger partial charge in [0.25, 0.3) is 5.91 Å². The van der Waals surface area contributed by atoms with E-state index in [0.29, 0.717) is 17.8 Å². The highest BCUT2D eigenvalue weighted by atomic mass is 16.1. The van der Waals surface area contributed by atoms with Crippen LogP contribution in [0.3, 0.4) is 0 Å². The average Bonchev–Trinajstić information content (AvgIpc) is 2.72. The molecule has 0 saturated heterocycles.